The van der Waals surface area contributed by atoms with Gasteiger partial charge in [0.2, 0.25) is 17.7 Å². The van der Waals surface area contributed by atoms with Gasteiger partial charge in [0, 0.05) is 43.6 Å². The summed E-state index contributed by atoms with van der Waals surface area (Å²) < 4.78 is 5.17. The molecule has 0 unspecified atom stereocenters. The second-order valence-corrected chi connectivity index (χ2v) is 7.63. The molecule has 134 valence electrons. The van der Waals surface area contributed by atoms with Gasteiger partial charge < -0.3 is 9.42 Å². The Morgan fingerprint density at radius 2 is 1.88 bits per heavy atom. The first kappa shape index (κ1) is 18.4. The van der Waals surface area contributed by atoms with Gasteiger partial charge in [0.25, 0.3) is 0 Å². The van der Waals surface area contributed by atoms with Crippen LogP contribution in [0.2, 0.25) is 0 Å². The van der Waals surface area contributed by atoms with Crippen LogP contribution in [0.3, 0.4) is 0 Å². The maximum Gasteiger partial charge on any atom is 0.240 e. The maximum atomic E-state index is 12.1. The monoisotopic (exact) mass is 336 g/mol. The van der Waals surface area contributed by atoms with Crippen molar-refractivity contribution in [2.45, 2.75) is 40.0 Å². The predicted molar refractivity (Wildman–Crippen MR) is 91.7 cm³/mol. The standard InChI is InChI=1S/C17H28N4O3/c1-12(2)16(23)21-8-6-20(7-9-21)11-14(22)18-15-10-13(19-24-15)17(3,4)5/h10,12H,6-9,11H2,1-5H3,(H,18,22). The van der Waals surface area contributed by atoms with E-state index in [9.17, 15) is 9.59 Å². The van der Waals surface area contributed by atoms with Crippen LogP contribution in [-0.4, -0.2) is 59.5 Å². The van der Waals surface area contributed by atoms with Crippen molar-refractivity contribution in [1.29, 1.82) is 0 Å². The molecular weight excluding hydrogens is 308 g/mol. The summed E-state index contributed by atoms with van der Waals surface area (Å²) in [5.41, 5.74) is 0.685. The summed E-state index contributed by atoms with van der Waals surface area (Å²) in [6.07, 6.45) is 0. The van der Waals surface area contributed by atoms with E-state index in [1.54, 1.807) is 6.07 Å². The summed E-state index contributed by atoms with van der Waals surface area (Å²) in [4.78, 5) is 28.0. The Morgan fingerprint density at radius 3 is 2.38 bits per heavy atom. The highest BCUT2D eigenvalue weighted by atomic mass is 16.5. The quantitative estimate of drug-likeness (QED) is 0.905. The average molecular weight is 336 g/mol. The van der Waals surface area contributed by atoms with Gasteiger partial charge in [0.05, 0.1) is 12.2 Å². The Bertz CT molecular complexity index is 581. The lowest BCUT2D eigenvalue weighted by Gasteiger charge is -2.35. The molecule has 0 atom stereocenters. The van der Waals surface area contributed by atoms with E-state index in [1.807, 2.05) is 44.4 Å². The summed E-state index contributed by atoms with van der Waals surface area (Å²) in [7, 11) is 0. The summed E-state index contributed by atoms with van der Waals surface area (Å²) in [6, 6.07) is 1.76. The van der Waals surface area contributed by atoms with Gasteiger partial charge in [-0.1, -0.05) is 39.8 Å². The molecule has 1 aliphatic rings. The highest BCUT2D eigenvalue weighted by Crippen LogP contribution is 2.23. The van der Waals surface area contributed by atoms with Gasteiger partial charge in [-0.3, -0.25) is 19.8 Å². The molecule has 0 saturated carbocycles. The maximum absolute atomic E-state index is 12.1. The number of hydrogen-bond acceptors (Lipinski definition) is 5. The smallest absolute Gasteiger partial charge is 0.240 e. The number of aromatic nitrogens is 1. The molecule has 7 heteroatoms. The molecule has 0 aliphatic carbocycles. The van der Waals surface area contributed by atoms with Crippen molar-refractivity contribution in [2.75, 3.05) is 38.0 Å². The molecule has 1 aromatic heterocycles. The third kappa shape index (κ3) is 4.80. The van der Waals surface area contributed by atoms with Crippen LogP contribution in [0.25, 0.3) is 0 Å². The Kier molecular flexibility index (Phi) is 5.64. The number of hydrogen-bond donors (Lipinski definition) is 1. The van der Waals surface area contributed by atoms with Gasteiger partial charge in [-0.2, -0.15) is 0 Å². The molecular formula is C17H28N4O3. The first-order valence-corrected chi connectivity index (χ1v) is 8.45. The molecule has 0 bridgehead atoms. The fourth-order valence-corrected chi connectivity index (χ4v) is 2.56. The molecule has 1 aromatic rings. The van der Waals surface area contributed by atoms with Crippen molar-refractivity contribution in [1.82, 2.24) is 15.0 Å². The predicted octanol–water partition coefficient (Wildman–Crippen LogP) is 1.71. The summed E-state index contributed by atoms with van der Waals surface area (Å²) in [5.74, 6) is 0.438. The summed E-state index contributed by atoms with van der Waals surface area (Å²) >= 11 is 0. The lowest BCUT2D eigenvalue weighted by molar-refractivity contribution is -0.136. The second-order valence-electron chi connectivity index (χ2n) is 7.63. The van der Waals surface area contributed by atoms with Crippen molar-refractivity contribution in [2.24, 2.45) is 5.92 Å². The molecule has 2 amide bonds. The number of nitrogens with one attached hydrogen (secondary N) is 1. The first-order valence-electron chi connectivity index (χ1n) is 8.45. The van der Waals surface area contributed by atoms with Gasteiger partial charge in [0.1, 0.15) is 0 Å². The van der Waals surface area contributed by atoms with Crippen LogP contribution in [0.4, 0.5) is 5.88 Å². The van der Waals surface area contributed by atoms with Crippen LogP contribution in [0.15, 0.2) is 10.6 Å². The van der Waals surface area contributed by atoms with E-state index >= 15 is 0 Å². The topological polar surface area (TPSA) is 78.7 Å². The third-order valence-electron chi connectivity index (χ3n) is 4.09. The lowest BCUT2D eigenvalue weighted by atomic mass is 9.92. The molecule has 2 rings (SSSR count). The number of nitrogens with zero attached hydrogens (tertiary/aromatic N) is 3. The van der Waals surface area contributed by atoms with E-state index in [1.165, 1.54) is 0 Å². The molecule has 24 heavy (non-hydrogen) atoms. The van der Waals surface area contributed by atoms with E-state index in [0.29, 0.717) is 32.1 Å². The van der Waals surface area contributed by atoms with Crippen molar-refractivity contribution in [3.05, 3.63) is 11.8 Å². The van der Waals surface area contributed by atoms with Gasteiger partial charge in [-0.25, -0.2) is 0 Å². The molecule has 2 heterocycles. The minimum absolute atomic E-state index is 0.0170. The number of rotatable bonds is 4. The summed E-state index contributed by atoms with van der Waals surface area (Å²) in [5, 5.41) is 6.73. The minimum atomic E-state index is -0.129. The van der Waals surface area contributed by atoms with Crippen LogP contribution < -0.4 is 5.32 Å². The minimum Gasteiger partial charge on any atom is -0.340 e. The number of carbonyl (C=O) groups is 2. The molecule has 1 aliphatic heterocycles. The molecule has 1 saturated heterocycles. The van der Waals surface area contributed by atoms with Gasteiger partial charge in [0.15, 0.2) is 0 Å². The van der Waals surface area contributed by atoms with Gasteiger partial charge in [-0.05, 0) is 0 Å². The number of amides is 2. The molecule has 1 N–H and O–H groups in total. The highest BCUT2D eigenvalue weighted by molar-refractivity contribution is 5.91. The van der Waals surface area contributed by atoms with Crippen molar-refractivity contribution in [3.8, 4) is 0 Å². The molecule has 0 aromatic carbocycles. The van der Waals surface area contributed by atoms with Gasteiger partial charge >= 0.3 is 0 Å². The van der Waals surface area contributed by atoms with Crippen LogP contribution in [-0.2, 0) is 15.0 Å². The van der Waals surface area contributed by atoms with Crippen molar-refractivity contribution in [3.63, 3.8) is 0 Å². The van der Waals surface area contributed by atoms with Gasteiger partial charge in [-0.15, -0.1) is 0 Å². The Hall–Kier alpha value is -1.89. The number of anilines is 1. The zero-order valence-corrected chi connectivity index (χ0v) is 15.3. The normalized spacial score (nSPS) is 16.5. The molecule has 1 fully saturated rings. The molecule has 0 radical (unpaired) electrons. The van der Waals surface area contributed by atoms with Crippen LogP contribution in [0.5, 0.6) is 0 Å². The lowest BCUT2D eigenvalue weighted by Crippen LogP contribution is -2.51. The molecule has 0 spiro atoms. The van der Waals surface area contributed by atoms with E-state index < -0.39 is 0 Å². The average Bonchev–Trinajstić information content (AvgIpc) is 2.95. The summed E-state index contributed by atoms with van der Waals surface area (Å²) in [6.45, 7) is 13.0. The number of piperazine rings is 1. The van der Waals surface area contributed by atoms with E-state index in [0.717, 1.165) is 5.69 Å². The van der Waals surface area contributed by atoms with Crippen molar-refractivity contribution < 1.29 is 14.1 Å². The fourth-order valence-electron chi connectivity index (χ4n) is 2.56. The van der Waals surface area contributed by atoms with Crippen molar-refractivity contribution >= 4 is 17.7 Å². The molecule has 7 nitrogen and oxygen atoms in total. The van der Waals surface area contributed by atoms with E-state index in [-0.39, 0.29) is 29.7 Å². The Balaban J connectivity index is 1.80. The van der Waals surface area contributed by atoms with E-state index in [2.05, 4.69) is 10.5 Å². The highest BCUT2D eigenvalue weighted by Gasteiger charge is 2.24. The van der Waals surface area contributed by atoms with Crippen LogP contribution in [0, 0.1) is 5.92 Å². The fraction of sp³-hybridized carbons (Fsp3) is 0.706. The second kappa shape index (κ2) is 7.34. The zero-order valence-electron chi connectivity index (χ0n) is 15.3. The first-order chi connectivity index (χ1) is 11.2. The zero-order chi connectivity index (χ0) is 17.9. The van der Waals surface area contributed by atoms with Crippen LogP contribution in [0.1, 0.15) is 40.3 Å². The third-order valence-corrected chi connectivity index (χ3v) is 4.09. The Morgan fingerprint density at radius 1 is 1.25 bits per heavy atom. The number of carbonyl (C=O) groups excluding carboxylic acids is 2. The SMILES string of the molecule is CC(C)C(=O)N1CCN(CC(=O)Nc2cc(C(C)(C)C)no2)CC1. The van der Waals surface area contributed by atoms with E-state index in [4.69, 9.17) is 4.52 Å². The Labute approximate surface area is 143 Å². The largest absolute Gasteiger partial charge is 0.340 e. The van der Waals surface area contributed by atoms with Crippen LogP contribution >= 0.6 is 0 Å².